The summed E-state index contributed by atoms with van der Waals surface area (Å²) < 4.78 is 24.1. The van der Waals surface area contributed by atoms with Gasteiger partial charge < -0.3 is 10.0 Å². The molecule has 1 aromatic carbocycles. The molecule has 2 saturated heterocycles. The fourth-order valence-corrected chi connectivity index (χ4v) is 7.26. The maximum atomic E-state index is 12.1. The Hall–Kier alpha value is -1.87. The first-order valence-electron chi connectivity index (χ1n) is 8.22. The molecule has 2 heterocycles. The summed E-state index contributed by atoms with van der Waals surface area (Å²) in [5, 5.41) is 9.00. The van der Waals surface area contributed by atoms with E-state index in [9.17, 15) is 18.0 Å². The molecule has 0 spiro atoms. The SMILES string of the molecule is Cc1cc(C)cc(N2C(=NC(=O)CCC(=O)O)S[C@H]3CS(=O)(=O)C[C@H]32)c1. The first kappa shape index (κ1) is 18.9. The molecule has 9 heteroatoms. The fourth-order valence-electron chi connectivity index (χ4n) is 3.33. The molecule has 26 heavy (non-hydrogen) atoms. The number of aliphatic carboxylic acids is 1. The third-order valence-electron chi connectivity index (χ3n) is 4.32. The lowest BCUT2D eigenvalue weighted by molar-refractivity contribution is -0.138. The minimum atomic E-state index is -3.12. The topological polar surface area (TPSA) is 104 Å². The monoisotopic (exact) mass is 396 g/mol. The number of benzene rings is 1. The number of aliphatic imine (C=N–C) groups is 1. The summed E-state index contributed by atoms with van der Waals surface area (Å²) in [5.74, 6) is -1.47. The fraction of sp³-hybridized carbons (Fsp3) is 0.471. The number of carbonyl (C=O) groups excluding carboxylic acids is 1. The Kier molecular flexibility index (Phi) is 5.12. The minimum absolute atomic E-state index is 0.0278. The number of thioether (sulfide) groups is 1. The number of amides is 1. The summed E-state index contributed by atoms with van der Waals surface area (Å²) in [6.07, 6.45) is -0.446. The lowest BCUT2D eigenvalue weighted by atomic mass is 10.1. The molecule has 2 aliphatic rings. The molecule has 1 amide bonds. The van der Waals surface area contributed by atoms with E-state index < -0.39 is 21.7 Å². The van der Waals surface area contributed by atoms with Gasteiger partial charge in [-0.2, -0.15) is 4.99 Å². The second-order valence-electron chi connectivity index (χ2n) is 6.70. The van der Waals surface area contributed by atoms with Crippen LogP contribution in [0, 0.1) is 13.8 Å². The van der Waals surface area contributed by atoms with E-state index in [1.165, 1.54) is 11.8 Å². The number of hydrogen-bond donors (Lipinski definition) is 1. The number of sulfone groups is 1. The highest BCUT2D eigenvalue weighted by Crippen LogP contribution is 2.41. The zero-order chi connectivity index (χ0) is 19.1. The Balaban J connectivity index is 1.96. The Morgan fingerprint density at radius 1 is 1.19 bits per heavy atom. The number of rotatable bonds is 4. The van der Waals surface area contributed by atoms with E-state index in [1.807, 2.05) is 36.9 Å². The number of carboxylic acid groups (broad SMARTS) is 1. The number of anilines is 1. The highest BCUT2D eigenvalue weighted by atomic mass is 32.2. The van der Waals surface area contributed by atoms with Crippen molar-refractivity contribution in [3.63, 3.8) is 0 Å². The van der Waals surface area contributed by atoms with Gasteiger partial charge in [-0.1, -0.05) is 17.8 Å². The normalized spacial score (nSPS) is 25.5. The number of nitrogens with zero attached hydrogens (tertiary/aromatic N) is 2. The predicted molar refractivity (Wildman–Crippen MR) is 102 cm³/mol. The summed E-state index contributed by atoms with van der Waals surface area (Å²) in [7, 11) is -3.12. The van der Waals surface area contributed by atoms with Crippen LogP contribution in [0.1, 0.15) is 24.0 Å². The molecule has 0 unspecified atom stereocenters. The van der Waals surface area contributed by atoms with Crippen LogP contribution in [0.2, 0.25) is 0 Å². The van der Waals surface area contributed by atoms with E-state index in [1.54, 1.807) is 0 Å². The van der Waals surface area contributed by atoms with Gasteiger partial charge in [-0.3, -0.25) is 9.59 Å². The number of carboxylic acids is 1. The van der Waals surface area contributed by atoms with Crippen molar-refractivity contribution in [1.82, 2.24) is 0 Å². The molecular formula is C17H20N2O5S2. The lowest BCUT2D eigenvalue weighted by Crippen LogP contribution is -2.37. The average molecular weight is 396 g/mol. The Bertz CT molecular complexity index is 874. The second-order valence-corrected chi connectivity index (χ2v) is 10.1. The van der Waals surface area contributed by atoms with Crippen LogP contribution in [-0.4, -0.2) is 53.4 Å². The second kappa shape index (κ2) is 7.03. The van der Waals surface area contributed by atoms with Crippen LogP contribution in [0.4, 0.5) is 5.69 Å². The van der Waals surface area contributed by atoms with E-state index in [0.29, 0.717) is 5.17 Å². The molecule has 7 nitrogen and oxygen atoms in total. The molecule has 0 aromatic heterocycles. The van der Waals surface area contributed by atoms with Gasteiger partial charge in [-0.05, 0) is 37.1 Å². The van der Waals surface area contributed by atoms with Crippen molar-refractivity contribution in [3.05, 3.63) is 29.3 Å². The van der Waals surface area contributed by atoms with E-state index in [4.69, 9.17) is 5.11 Å². The van der Waals surface area contributed by atoms with Crippen molar-refractivity contribution >= 4 is 44.3 Å². The number of hydrogen-bond acceptors (Lipinski definition) is 5. The molecule has 0 aliphatic carbocycles. The van der Waals surface area contributed by atoms with Gasteiger partial charge >= 0.3 is 5.97 Å². The van der Waals surface area contributed by atoms with Gasteiger partial charge in [0.15, 0.2) is 15.0 Å². The third-order valence-corrected chi connectivity index (χ3v) is 7.53. The lowest BCUT2D eigenvalue weighted by Gasteiger charge is -2.25. The molecular weight excluding hydrogens is 376 g/mol. The van der Waals surface area contributed by atoms with Crippen LogP contribution in [0.3, 0.4) is 0 Å². The molecule has 0 saturated carbocycles. The molecule has 0 bridgehead atoms. The van der Waals surface area contributed by atoms with Gasteiger partial charge in [0.2, 0.25) is 5.91 Å². The Morgan fingerprint density at radius 3 is 2.46 bits per heavy atom. The van der Waals surface area contributed by atoms with Crippen molar-refractivity contribution in [2.45, 2.75) is 38.0 Å². The maximum Gasteiger partial charge on any atom is 0.303 e. The summed E-state index contributed by atoms with van der Waals surface area (Å²) in [6, 6.07) is 5.64. The predicted octanol–water partition coefficient (Wildman–Crippen LogP) is 1.77. The molecule has 2 fully saturated rings. The van der Waals surface area contributed by atoms with E-state index in [-0.39, 0.29) is 35.6 Å². The smallest absolute Gasteiger partial charge is 0.303 e. The standard InChI is InChI=1S/C17H20N2O5S2/c1-10-5-11(2)7-12(6-10)19-13-8-26(23,24)9-14(13)25-17(19)18-15(20)3-4-16(21)22/h5-7,13-14H,3-4,8-9H2,1-2H3,(H,21,22)/t13-,14+/m1/s1. The summed E-state index contributed by atoms with van der Waals surface area (Å²) in [5.41, 5.74) is 2.88. The highest BCUT2D eigenvalue weighted by Gasteiger charge is 2.49. The van der Waals surface area contributed by atoms with Gasteiger partial charge in [-0.15, -0.1) is 0 Å². The van der Waals surface area contributed by atoms with Crippen LogP contribution in [0.5, 0.6) is 0 Å². The van der Waals surface area contributed by atoms with Crippen molar-refractivity contribution in [2.75, 3.05) is 16.4 Å². The van der Waals surface area contributed by atoms with Crippen molar-refractivity contribution in [3.8, 4) is 0 Å². The highest BCUT2D eigenvalue weighted by molar-refractivity contribution is 8.16. The first-order chi connectivity index (χ1) is 12.1. The third kappa shape index (κ3) is 4.09. The zero-order valence-corrected chi connectivity index (χ0v) is 16.1. The molecule has 140 valence electrons. The van der Waals surface area contributed by atoms with Gasteiger partial charge in [0.25, 0.3) is 0 Å². The number of amidine groups is 1. The van der Waals surface area contributed by atoms with Crippen LogP contribution in [0.25, 0.3) is 0 Å². The molecule has 1 aromatic rings. The van der Waals surface area contributed by atoms with Gasteiger partial charge in [0.1, 0.15) is 0 Å². The van der Waals surface area contributed by atoms with Crippen molar-refractivity contribution in [2.24, 2.45) is 4.99 Å². The molecule has 1 N–H and O–H groups in total. The van der Waals surface area contributed by atoms with Gasteiger partial charge in [-0.25, -0.2) is 8.42 Å². The summed E-state index contributed by atoms with van der Waals surface area (Å²) in [6.45, 7) is 3.91. The average Bonchev–Trinajstić information content (AvgIpc) is 2.94. The van der Waals surface area contributed by atoms with Crippen LogP contribution >= 0.6 is 11.8 Å². The molecule has 2 aliphatic heterocycles. The van der Waals surface area contributed by atoms with Gasteiger partial charge in [0, 0.05) is 17.4 Å². The van der Waals surface area contributed by atoms with Crippen LogP contribution < -0.4 is 4.90 Å². The number of fused-ring (bicyclic) bond motifs is 1. The van der Waals surface area contributed by atoms with E-state index >= 15 is 0 Å². The quantitative estimate of drug-likeness (QED) is 0.827. The Labute approximate surface area is 156 Å². The largest absolute Gasteiger partial charge is 0.481 e. The van der Waals surface area contributed by atoms with Crippen LogP contribution in [0.15, 0.2) is 23.2 Å². The van der Waals surface area contributed by atoms with E-state index in [2.05, 4.69) is 4.99 Å². The molecule has 0 radical (unpaired) electrons. The van der Waals surface area contributed by atoms with Gasteiger partial charge in [0.05, 0.1) is 24.0 Å². The summed E-state index contributed by atoms with van der Waals surface area (Å²) in [4.78, 5) is 28.6. The molecule has 2 atom stereocenters. The first-order valence-corrected chi connectivity index (χ1v) is 10.9. The Morgan fingerprint density at radius 2 is 1.85 bits per heavy atom. The van der Waals surface area contributed by atoms with Crippen molar-refractivity contribution in [1.29, 1.82) is 0 Å². The summed E-state index contributed by atoms with van der Waals surface area (Å²) >= 11 is 1.29. The number of aryl methyl sites for hydroxylation is 2. The molecule has 3 rings (SSSR count). The van der Waals surface area contributed by atoms with E-state index in [0.717, 1.165) is 16.8 Å². The van der Waals surface area contributed by atoms with Crippen molar-refractivity contribution < 1.29 is 23.1 Å². The number of carbonyl (C=O) groups is 2. The van der Waals surface area contributed by atoms with Crippen LogP contribution in [-0.2, 0) is 19.4 Å². The zero-order valence-electron chi connectivity index (χ0n) is 14.5. The minimum Gasteiger partial charge on any atom is -0.481 e. The maximum absolute atomic E-state index is 12.1.